The number of fused-ring (bicyclic) bond motifs is 2. The standard InChI is InChI=1S/C23H19F3N6O3S/c24-23(25,26)12-29-22(34)32(35-13-33)16-3-1-2-14(8-16)18-10-28-20-9-15(5-7-31(18)20)21-30-17-4-6-27-11-19(17)36-21/h1-3,5,7-10,13,27H,4,6,11-12H2,(H,29,34). The van der Waals surface area contributed by atoms with Crippen LogP contribution >= 0.6 is 11.3 Å². The Morgan fingerprint density at radius 1 is 1.28 bits per heavy atom. The molecule has 0 spiro atoms. The molecule has 0 atom stereocenters. The quantitative estimate of drug-likeness (QED) is 0.298. The highest BCUT2D eigenvalue weighted by molar-refractivity contribution is 7.15. The summed E-state index contributed by atoms with van der Waals surface area (Å²) in [5.41, 5.74) is 4.07. The molecule has 3 aromatic heterocycles. The lowest BCUT2D eigenvalue weighted by molar-refractivity contribution is -0.129. The van der Waals surface area contributed by atoms with Gasteiger partial charge in [-0.3, -0.25) is 9.20 Å². The summed E-state index contributed by atoms with van der Waals surface area (Å²) in [7, 11) is 0. The van der Waals surface area contributed by atoms with Gasteiger partial charge in [0.2, 0.25) is 0 Å². The maximum absolute atomic E-state index is 12.5. The highest BCUT2D eigenvalue weighted by atomic mass is 32.1. The van der Waals surface area contributed by atoms with Crippen LogP contribution in [-0.2, 0) is 22.6 Å². The van der Waals surface area contributed by atoms with Crippen LogP contribution in [0.1, 0.15) is 10.6 Å². The van der Waals surface area contributed by atoms with Gasteiger partial charge in [-0.1, -0.05) is 12.1 Å². The largest absolute Gasteiger partial charge is 0.405 e. The van der Waals surface area contributed by atoms with Crippen molar-refractivity contribution in [1.29, 1.82) is 0 Å². The van der Waals surface area contributed by atoms with E-state index in [9.17, 15) is 22.8 Å². The second kappa shape index (κ2) is 9.59. The lowest BCUT2D eigenvalue weighted by atomic mass is 10.1. The molecule has 13 heteroatoms. The molecule has 36 heavy (non-hydrogen) atoms. The number of urea groups is 1. The first-order valence-electron chi connectivity index (χ1n) is 10.8. The highest BCUT2D eigenvalue weighted by Gasteiger charge is 2.30. The molecule has 0 bridgehead atoms. The van der Waals surface area contributed by atoms with Gasteiger partial charge < -0.3 is 15.5 Å². The molecule has 0 saturated carbocycles. The molecule has 186 valence electrons. The van der Waals surface area contributed by atoms with Gasteiger partial charge in [0.15, 0.2) is 0 Å². The number of hydroxylamine groups is 1. The number of amides is 2. The number of hydrogen-bond acceptors (Lipinski definition) is 7. The minimum absolute atomic E-state index is 0.0396. The van der Waals surface area contributed by atoms with Gasteiger partial charge in [0, 0.05) is 41.7 Å². The van der Waals surface area contributed by atoms with E-state index in [4.69, 9.17) is 4.98 Å². The summed E-state index contributed by atoms with van der Waals surface area (Å²) in [6, 6.07) is 8.90. The fourth-order valence-electron chi connectivity index (χ4n) is 3.88. The van der Waals surface area contributed by atoms with Crippen LogP contribution in [0.4, 0.5) is 23.7 Å². The molecule has 0 saturated heterocycles. The predicted molar refractivity (Wildman–Crippen MR) is 126 cm³/mol. The Bertz CT molecular complexity index is 1410. The van der Waals surface area contributed by atoms with Crippen molar-refractivity contribution in [3.63, 3.8) is 0 Å². The van der Waals surface area contributed by atoms with Crippen molar-refractivity contribution < 1.29 is 27.6 Å². The zero-order valence-electron chi connectivity index (χ0n) is 18.6. The minimum Gasteiger partial charge on any atom is -0.335 e. The molecule has 1 aliphatic heterocycles. The maximum atomic E-state index is 12.5. The van der Waals surface area contributed by atoms with Crippen LogP contribution in [0, 0.1) is 0 Å². The summed E-state index contributed by atoms with van der Waals surface area (Å²) in [6.45, 7) is 0.121. The van der Waals surface area contributed by atoms with Crippen LogP contribution < -0.4 is 15.7 Å². The molecular weight excluding hydrogens is 497 g/mol. The van der Waals surface area contributed by atoms with E-state index in [2.05, 4.69) is 15.1 Å². The minimum atomic E-state index is -4.62. The molecule has 1 aromatic carbocycles. The number of halogens is 3. The maximum Gasteiger partial charge on any atom is 0.405 e. The first-order chi connectivity index (χ1) is 17.3. The number of aromatic nitrogens is 3. The van der Waals surface area contributed by atoms with Gasteiger partial charge in [0.1, 0.15) is 17.2 Å². The van der Waals surface area contributed by atoms with Crippen molar-refractivity contribution in [2.75, 3.05) is 18.2 Å². The first-order valence-corrected chi connectivity index (χ1v) is 11.7. The smallest absolute Gasteiger partial charge is 0.335 e. The van der Waals surface area contributed by atoms with Gasteiger partial charge in [0.05, 0.1) is 23.3 Å². The van der Waals surface area contributed by atoms with Crippen molar-refractivity contribution in [1.82, 2.24) is 25.0 Å². The summed E-state index contributed by atoms with van der Waals surface area (Å²) < 4.78 is 39.3. The predicted octanol–water partition coefficient (Wildman–Crippen LogP) is 3.94. The zero-order valence-corrected chi connectivity index (χ0v) is 19.4. The number of nitrogens with one attached hydrogen (secondary N) is 2. The summed E-state index contributed by atoms with van der Waals surface area (Å²) in [4.78, 5) is 38.3. The second-order valence-electron chi connectivity index (χ2n) is 7.92. The van der Waals surface area contributed by atoms with Gasteiger partial charge in [-0.15, -0.1) is 16.4 Å². The number of rotatable bonds is 6. The second-order valence-corrected chi connectivity index (χ2v) is 9.01. The summed E-state index contributed by atoms with van der Waals surface area (Å²) in [6.07, 6.45) is -0.219. The number of anilines is 1. The Kier molecular flexibility index (Phi) is 6.33. The van der Waals surface area contributed by atoms with Crippen LogP contribution in [0.15, 0.2) is 48.8 Å². The van der Waals surface area contributed by atoms with Gasteiger partial charge in [-0.2, -0.15) is 13.2 Å². The fourth-order valence-corrected chi connectivity index (χ4v) is 4.96. The lowest BCUT2D eigenvalue weighted by Crippen LogP contribution is -2.43. The normalized spacial score (nSPS) is 13.3. The molecule has 2 N–H and O–H groups in total. The van der Waals surface area contributed by atoms with E-state index >= 15 is 0 Å². The van der Waals surface area contributed by atoms with E-state index in [-0.39, 0.29) is 12.2 Å². The van der Waals surface area contributed by atoms with Crippen molar-refractivity contribution in [3.8, 4) is 21.8 Å². The average Bonchev–Trinajstić information content (AvgIpc) is 3.49. The molecule has 0 radical (unpaired) electrons. The number of pyridine rings is 1. The van der Waals surface area contributed by atoms with E-state index < -0.39 is 18.8 Å². The Morgan fingerprint density at radius 3 is 2.92 bits per heavy atom. The molecule has 5 rings (SSSR count). The van der Waals surface area contributed by atoms with Crippen molar-refractivity contribution in [2.45, 2.75) is 19.1 Å². The first kappa shape index (κ1) is 23.8. The highest BCUT2D eigenvalue weighted by Crippen LogP contribution is 2.32. The number of nitrogens with zero attached hydrogens (tertiary/aromatic N) is 4. The van der Waals surface area contributed by atoms with Crippen LogP contribution in [0.2, 0.25) is 0 Å². The topological polar surface area (TPSA) is 101 Å². The third kappa shape index (κ3) is 4.88. The summed E-state index contributed by atoms with van der Waals surface area (Å²) >= 11 is 1.65. The average molecular weight is 517 g/mol. The van der Waals surface area contributed by atoms with Gasteiger partial charge in [0.25, 0.3) is 0 Å². The summed E-state index contributed by atoms with van der Waals surface area (Å²) in [5, 5.41) is 6.41. The van der Waals surface area contributed by atoms with Gasteiger partial charge in [-0.25, -0.2) is 14.8 Å². The molecular formula is C23H19F3N6O3S. The Morgan fingerprint density at radius 2 is 2.14 bits per heavy atom. The van der Waals surface area contributed by atoms with Crippen molar-refractivity contribution in [2.24, 2.45) is 0 Å². The molecule has 1 aliphatic rings. The lowest BCUT2D eigenvalue weighted by Gasteiger charge is -2.20. The van der Waals surface area contributed by atoms with E-state index in [1.165, 1.54) is 17.0 Å². The number of hydrogen-bond donors (Lipinski definition) is 2. The summed E-state index contributed by atoms with van der Waals surface area (Å²) in [5.74, 6) is 0. The van der Waals surface area contributed by atoms with Crippen LogP contribution in [0.5, 0.6) is 0 Å². The third-order valence-electron chi connectivity index (χ3n) is 5.51. The number of alkyl halides is 3. The van der Waals surface area contributed by atoms with Crippen LogP contribution in [-0.4, -0.2) is 46.1 Å². The zero-order chi connectivity index (χ0) is 25.3. The van der Waals surface area contributed by atoms with Gasteiger partial charge >= 0.3 is 18.7 Å². The number of carbonyl (C=O) groups is 2. The van der Waals surface area contributed by atoms with Crippen molar-refractivity contribution in [3.05, 3.63) is 59.4 Å². The number of benzene rings is 1. The third-order valence-corrected chi connectivity index (χ3v) is 6.66. The number of imidazole rings is 1. The molecule has 2 amide bonds. The van der Waals surface area contributed by atoms with Crippen LogP contribution in [0.25, 0.3) is 27.5 Å². The van der Waals surface area contributed by atoms with Gasteiger partial charge in [-0.05, 0) is 24.3 Å². The number of thiazole rings is 1. The molecule has 4 aromatic rings. The van der Waals surface area contributed by atoms with Crippen molar-refractivity contribution >= 4 is 35.2 Å². The number of carbonyl (C=O) groups excluding carboxylic acids is 2. The van der Waals surface area contributed by atoms with Crippen LogP contribution in [0.3, 0.4) is 0 Å². The van der Waals surface area contributed by atoms with E-state index in [1.807, 2.05) is 22.7 Å². The van der Waals surface area contributed by atoms with E-state index in [1.54, 1.807) is 35.0 Å². The molecule has 0 unspecified atom stereocenters. The van der Waals surface area contributed by atoms with E-state index in [0.29, 0.717) is 22.0 Å². The molecule has 0 fully saturated rings. The monoisotopic (exact) mass is 516 g/mol. The molecule has 0 aliphatic carbocycles. The Balaban J connectivity index is 1.43. The SMILES string of the molecule is O=CON(C(=O)NCC(F)(F)F)c1cccc(-c2cnc3cc(-c4nc5c(s4)CNCC5)ccn23)c1. The Hall–Kier alpha value is -3.97. The Labute approximate surface area is 206 Å². The molecule has 9 nitrogen and oxygen atoms in total. The van der Waals surface area contributed by atoms with E-state index in [0.717, 1.165) is 35.8 Å². The fraction of sp³-hybridized carbons (Fsp3) is 0.217. The molecule has 4 heterocycles.